The highest BCUT2D eigenvalue weighted by atomic mass is 31.2. The van der Waals surface area contributed by atoms with Gasteiger partial charge in [0, 0.05) is 12.8 Å². The first kappa shape index (κ1) is 73.2. The number of hydrogen-bond acceptors (Lipinski definition) is 8. The van der Waals surface area contributed by atoms with Gasteiger partial charge in [0.15, 0.2) is 6.10 Å². The van der Waals surface area contributed by atoms with Crippen molar-refractivity contribution in [1.82, 2.24) is 0 Å². The largest absolute Gasteiger partial charge is 0.756 e. The third-order valence-corrected chi connectivity index (χ3v) is 14.4. The van der Waals surface area contributed by atoms with Crippen LogP contribution >= 0.6 is 7.82 Å². The van der Waals surface area contributed by atoms with E-state index in [1.165, 1.54) is 148 Å². The van der Waals surface area contributed by atoms with E-state index in [1.54, 1.807) is 0 Å². The molecule has 76 heavy (non-hydrogen) atoms. The molecule has 0 saturated heterocycles. The number of nitrogens with zero attached hydrogens (tertiary/aromatic N) is 1. The van der Waals surface area contributed by atoms with Crippen LogP contribution in [0.4, 0.5) is 0 Å². The Bertz CT molecular complexity index is 1560. The number of allylic oxidation sites excluding steroid dienone is 14. The lowest BCUT2D eigenvalue weighted by Gasteiger charge is -2.28. The van der Waals surface area contributed by atoms with Gasteiger partial charge in [0.2, 0.25) is 0 Å². The number of ether oxygens (including phenoxy) is 2. The summed E-state index contributed by atoms with van der Waals surface area (Å²) in [5.74, 6) is -0.832. The van der Waals surface area contributed by atoms with Crippen molar-refractivity contribution in [3.8, 4) is 0 Å². The lowest BCUT2D eigenvalue weighted by atomic mass is 10.0. The van der Waals surface area contributed by atoms with Crippen LogP contribution in [0, 0.1) is 0 Å². The van der Waals surface area contributed by atoms with Gasteiger partial charge in [-0.3, -0.25) is 14.2 Å². The number of carbonyl (C=O) groups is 2. The third kappa shape index (κ3) is 60.4. The molecule has 0 aromatic heterocycles. The van der Waals surface area contributed by atoms with Gasteiger partial charge in [-0.15, -0.1) is 0 Å². The smallest absolute Gasteiger partial charge is 0.306 e. The quantitative estimate of drug-likeness (QED) is 0.0195. The molecular formula is C66H118NO8P. The van der Waals surface area contributed by atoms with Crippen molar-refractivity contribution >= 4 is 19.8 Å². The van der Waals surface area contributed by atoms with E-state index in [2.05, 4.69) is 98.9 Å². The van der Waals surface area contributed by atoms with E-state index in [9.17, 15) is 19.0 Å². The highest BCUT2D eigenvalue weighted by Crippen LogP contribution is 2.38. The van der Waals surface area contributed by atoms with E-state index in [1.807, 2.05) is 21.1 Å². The van der Waals surface area contributed by atoms with Gasteiger partial charge < -0.3 is 27.9 Å². The van der Waals surface area contributed by atoms with Crippen molar-refractivity contribution in [2.75, 3.05) is 47.5 Å². The Morgan fingerprint density at radius 2 is 0.750 bits per heavy atom. The van der Waals surface area contributed by atoms with Crippen LogP contribution in [0.5, 0.6) is 0 Å². The number of carbonyl (C=O) groups excluding carboxylic acids is 2. The molecule has 0 aromatic rings. The molecule has 0 aromatic carbocycles. The first-order valence-corrected chi connectivity index (χ1v) is 32.8. The average Bonchev–Trinajstić information content (AvgIpc) is 3.38. The fraction of sp³-hybridized carbons (Fsp3) is 0.758. The summed E-state index contributed by atoms with van der Waals surface area (Å²) in [5, 5.41) is 0. The Balaban J connectivity index is 4.05. The summed E-state index contributed by atoms with van der Waals surface area (Å²) < 4.78 is 34.2. The highest BCUT2D eigenvalue weighted by molar-refractivity contribution is 7.45. The Hall–Kier alpha value is -2.81. The van der Waals surface area contributed by atoms with Gasteiger partial charge >= 0.3 is 11.9 Å². The minimum absolute atomic E-state index is 0.0328. The zero-order valence-corrected chi connectivity index (χ0v) is 50.8. The zero-order valence-electron chi connectivity index (χ0n) is 49.9. The van der Waals surface area contributed by atoms with Crippen molar-refractivity contribution in [2.24, 2.45) is 0 Å². The summed E-state index contributed by atoms with van der Waals surface area (Å²) in [4.78, 5) is 37.9. The Morgan fingerprint density at radius 1 is 0.421 bits per heavy atom. The number of phosphoric acid groups is 1. The first-order chi connectivity index (χ1) is 37.0. The summed E-state index contributed by atoms with van der Waals surface area (Å²) in [6, 6.07) is 0. The molecule has 0 aliphatic rings. The van der Waals surface area contributed by atoms with Gasteiger partial charge in [-0.25, -0.2) is 0 Å². The van der Waals surface area contributed by atoms with Gasteiger partial charge in [0.1, 0.15) is 19.8 Å². The Morgan fingerprint density at radius 3 is 1.13 bits per heavy atom. The van der Waals surface area contributed by atoms with Gasteiger partial charge in [-0.2, -0.15) is 0 Å². The predicted molar refractivity (Wildman–Crippen MR) is 323 cm³/mol. The number of phosphoric ester groups is 1. The number of hydrogen-bond donors (Lipinski definition) is 0. The van der Waals surface area contributed by atoms with Crippen LogP contribution in [0.3, 0.4) is 0 Å². The number of esters is 2. The average molecular weight is 1080 g/mol. The van der Waals surface area contributed by atoms with Crippen LogP contribution in [0.15, 0.2) is 85.1 Å². The van der Waals surface area contributed by atoms with Gasteiger partial charge in [0.25, 0.3) is 7.82 Å². The number of likely N-dealkylation sites (N-methyl/N-ethyl adjacent to an activating group) is 1. The lowest BCUT2D eigenvalue weighted by Crippen LogP contribution is -2.37. The highest BCUT2D eigenvalue weighted by Gasteiger charge is 2.22. The number of quaternary nitrogens is 1. The lowest BCUT2D eigenvalue weighted by molar-refractivity contribution is -0.870. The van der Waals surface area contributed by atoms with Crippen LogP contribution in [-0.4, -0.2) is 70.0 Å². The Labute approximate surface area is 469 Å². The summed E-state index contributed by atoms with van der Waals surface area (Å²) in [7, 11) is 1.17. The molecule has 10 heteroatoms. The molecule has 0 heterocycles. The standard InChI is InChI=1S/C66H118NO8P/c1-6-8-10-12-14-16-18-20-22-24-25-26-27-28-29-30-31-32-33-34-35-36-37-38-39-40-41-43-45-47-49-51-53-55-57-59-66(69)75-64(63-74-76(70,71)73-61-60-67(3,4)5)62-72-65(68)58-56-54-52-50-48-46-44-42-23-21-19-17-15-13-11-9-7-2/h8,10,14,16,20-23,25-26,28-29,31-32,64H,6-7,9,11-13,15,17-19,24,27,30,33-63H2,1-5H3/b10-8-,16-14-,22-20-,23-21-,26-25-,29-28-,32-31-. The first-order valence-electron chi connectivity index (χ1n) is 31.3. The molecule has 0 aliphatic carbocycles. The van der Waals surface area contributed by atoms with Gasteiger partial charge in [-0.1, -0.05) is 253 Å². The maximum Gasteiger partial charge on any atom is 0.306 e. The second kappa shape index (κ2) is 56.9. The van der Waals surface area contributed by atoms with E-state index in [4.69, 9.17) is 18.5 Å². The summed E-state index contributed by atoms with van der Waals surface area (Å²) in [5.41, 5.74) is 0. The van der Waals surface area contributed by atoms with Gasteiger partial charge in [-0.05, 0) is 89.9 Å². The van der Waals surface area contributed by atoms with Gasteiger partial charge in [0.05, 0.1) is 27.7 Å². The molecule has 9 nitrogen and oxygen atoms in total. The minimum atomic E-state index is -4.64. The van der Waals surface area contributed by atoms with Crippen molar-refractivity contribution in [3.05, 3.63) is 85.1 Å². The van der Waals surface area contributed by atoms with Crippen LogP contribution in [0.25, 0.3) is 0 Å². The van der Waals surface area contributed by atoms with Crippen LogP contribution in [0.1, 0.15) is 271 Å². The van der Waals surface area contributed by atoms with E-state index in [0.29, 0.717) is 17.4 Å². The van der Waals surface area contributed by atoms with E-state index < -0.39 is 26.5 Å². The second-order valence-corrected chi connectivity index (χ2v) is 23.4. The molecule has 0 radical (unpaired) electrons. The van der Waals surface area contributed by atoms with Crippen molar-refractivity contribution in [1.29, 1.82) is 0 Å². The van der Waals surface area contributed by atoms with E-state index in [-0.39, 0.29) is 32.0 Å². The van der Waals surface area contributed by atoms with Crippen molar-refractivity contribution in [2.45, 2.75) is 277 Å². The van der Waals surface area contributed by atoms with E-state index >= 15 is 0 Å². The SMILES string of the molecule is CC/C=C\C/C=C\C/C=C\C/C=C\C/C=C\C/C=C\CCCCCCCCCCCCCCCCCCC(=O)OC(COC(=O)CCCCCCCCC/C=C\CCCCCCCC)COP(=O)([O-])OCC[N+](C)(C)C. The summed E-state index contributed by atoms with van der Waals surface area (Å²) in [6.45, 7) is 4.14. The molecule has 0 spiro atoms. The molecule has 0 saturated carbocycles. The number of unbranched alkanes of at least 4 members (excludes halogenated alkanes) is 29. The molecule has 0 rings (SSSR count). The molecular weight excluding hydrogens is 966 g/mol. The molecule has 440 valence electrons. The zero-order chi connectivity index (χ0) is 55.6. The third-order valence-electron chi connectivity index (χ3n) is 13.4. The molecule has 0 bridgehead atoms. The maximum atomic E-state index is 12.8. The molecule has 2 atom stereocenters. The normalized spacial score (nSPS) is 13.8. The fourth-order valence-corrected chi connectivity index (χ4v) is 9.33. The Kier molecular flexibility index (Phi) is 54.8. The molecule has 0 N–H and O–H groups in total. The van der Waals surface area contributed by atoms with E-state index in [0.717, 1.165) is 89.9 Å². The van der Waals surface area contributed by atoms with Crippen LogP contribution in [-0.2, 0) is 32.7 Å². The predicted octanol–water partition coefficient (Wildman–Crippen LogP) is 19.2. The molecule has 0 aliphatic heterocycles. The summed E-state index contributed by atoms with van der Waals surface area (Å²) >= 11 is 0. The molecule has 2 unspecified atom stereocenters. The molecule has 0 fully saturated rings. The topological polar surface area (TPSA) is 111 Å². The van der Waals surface area contributed by atoms with Crippen LogP contribution in [0.2, 0.25) is 0 Å². The minimum Gasteiger partial charge on any atom is -0.756 e. The maximum absolute atomic E-state index is 12.8. The fourth-order valence-electron chi connectivity index (χ4n) is 8.60. The second-order valence-electron chi connectivity index (χ2n) is 22.0. The van der Waals surface area contributed by atoms with Crippen molar-refractivity contribution in [3.63, 3.8) is 0 Å². The van der Waals surface area contributed by atoms with Crippen LogP contribution < -0.4 is 4.89 Å². The number of rotatable bonds is 57. The van der Waals surface area contributed by atoms with Crippen molar-refractivity contribution < 1.29 is 42.1 Å². The summed E-state index contributed by atoms with van der Waals surface area (Å²) in [6.07, 6.45) is 76.4. The monoisotopic (exact) mass is 1080 g/mol. The molecule has 0 amide bonds.